The Labute approximate surface area is 108 Å². The second kappa shape index (κ2) is 5.95. The van der Waals surface area contributed by atoms with Gasteiger partial charge in [-0.15, -0.1) is 4.72 Å². The van der Waals surface area contributed by atoms with Gasteiger partial charge in [-0.2, -0.15) is 0 Å². The molecule has 102 valence electrons. The van der Waals surface area contributed by atoms with Gasteiger partial charge in [0.25, 0.3) is 6.43 Å². The molecule has 1 unspecified atom stereocenters. The van der Waals surface area contributed by atoms with Crippen molar-refractivity contribution in [3.05, 3.63) is 35.6 Å². The monoisotopic (exact) mass is 279 g/mol. The summed E-state index contributed by atoms with van der Waals surface area (Å²) in [6.45, 7) is 4.96. The minimum Gasteiger partial charge on any atom is -0.598 e. The van der Waals surface area contributed by atoms with Crippen LogP contribution in [-0.2, 0) is 11.4 Å². The topological polar surface area (TPSA) is 35.1 Å². The van der Waals surface area contributed by atoms with E-state index in [1.165, 1.54) is 18.2 Å². The highest BCUT2D eigenvalue weighted by molar-refractivity contribution is 7.90. The van der Waals surface area contributed by atoms with Crippen LogP contribution in [0.2, 0.25) is 0 Å². The molecule has 1 N–H and O–H groups in total. The zero-order valence-corrected chi connectivity index (χ0v) is 11.2. The first-order valence-corrected chi connectivity index (χ1v) is 6.59. The molecule has 18 heavy (non-hydrogen) atoms. The van der Waals surface area contributed by atoms with E-state index in [-0.39, 0.29) is 5.56 Å². The largest absolute Gasteiger partial charge is 0.598 e. The summed E-state index contributed by atoms with van der Waals surface area (Å²) in [5.41, 5.74) is -0.176. The Morgan fingerprint density at radius 2 is 1.78 bits per heavy atom. The average Bonchev–Trinajstić information content (AvgIpc) is 2.25. The molecule has 0 aliphatic rings. The van der Waals surface area contributed by atoms with Crippen molar-refractivity contribution in [1.29, 1.82) is 0 Å². The Balaban J connectivity index is 2.95. The van der Waals surface area contributed by atoms with Crippen LogP contribution in [0, 0.1) is 5.82 Å². The van der Waals surface area contributed by atoms with Gasteiger partial charge in [-0.05, 0) is 26.8 Å². The Bertz CT molecular complexity index is 395. The molecule has 6 heteroatoms. The van der Waals surface area contributed by atoms with Crippen LogP contribution in [0.3, 0.4) is 0 Å². The highest BCUT2D eigenvalue weighted by atomic mass is 32.2. The van der Waals surface area contributed by atoms with Crippen molar-refractivity contribution in [3.63, 3.8) is 0 Å². The lowest BCUT2D eigenvalue weighted by Crippen LogP contribution is -2.43. The summed E-state index contributed by atoms with van der Waals surface area (Å²) < 4.78 is 52.8. The van der Waals surface area contributed by atoms with Gasteiger partial charge in [0.05, 0.1) is 0 Å². The highest BCUT2D eigenvalue weighted by Crippen LogP contribution is 2.26. The SMILES string of the molecule is CC(C)(C)[S+]([O-])N[C@H](c1ccccc1F)C(F)F. The van der Waals surface area contributed by atoms with E-state index >= 15 is 0 Å². The van der Waals surface area contributed by atoms with Crippen LogP contribution in [-0.4, -0.2) is 15.7 Å². The lowest BCUT2D eigenvalue weighted by molar-refractivity contribution is 0.107. The molecule has 0 aliphatic carbocycles. The van der Waals surface area contributed by atoms with Crippen molar-refractivity contribution >= 4 is 11.4 Å². The van der Waals surface area contributed by atoms with E-state index in [4.69, 9.17) is 0 Å². The fraction of sp³-hybridized carbons (Fsp3) is 0.500. The molecule has 0 aliphatic heterocycles. The van der Waals surface area contributed by atoms with Crippen LogP contribution in [0.4, 0.5) is 13.2 Å². The molecule has 2 nitrogen and oxygen atoms in total. The second-order valence-corrected chi connectivity index (χ2v) is 6.83. The number of nitrogens with one attached hydrogen (secondary N) is 1. The second-order valence-electron chi connectivity index (χ2n) is 4.83. The molecule has 0 spiro atoms. The minimum absolute atomic E-state index is 0.176. The number of hydrogen-bond donors (Lipinski definition) is 1. The summed E-state index contributed by atoms with van der Waals surface area (Å²) in [6, 6.07) is 3.68. The van der Waals surface area contributed by atoms with Crippen LogP contribution in [0.1, 0.15) is 32.4 Å². The lowest BCUT2D eigenvalue weighted by Gasteiger charge is -2.27. The van der Waals surface area contributed by atoms with Crippen molar-refractivity contribution < 1.29 is 17.7 Å². The third-order valence-electron chi connectivity index (χ3n) is 2.28. The predicted molar refractivity (Wildman–Crippen MR) is 66.2 cm³/mol. The predicted octanol–water partition coefficient (Wildman–Crippen LogP) is 3.18. The molecule has 0 bridgehead atoms. The molecule has 0 saturated carbocycles. The van der Waals surface area contributed by atoms with E-state index in [1.54, 1.807) is 20.8 Å². The van der Waals surface area contributed by atoms with Crippen LogP contribution >= 0.6 is 0 Å². The highest BCUT2D eigenvalue weighted by Gasteiger charge is 2.35. The van der Waals surface area contributed by atoms with Gasteiger partial charge in [0.15, 0.2) is 0 Å². The molecule has 0 radical (unpaired) electrons. The number of benzene rings is 1. The summed E-state index contributed by atoms with van der Waals surface area (Å²) >= 11 is -1.69. The summed E-state index contributed by atoms with van der Waals surface area (Å²) in [5, 5.41) is 0. The first kappa shape index (κ1) is 15.3. The van der Waals surface area contributed by atoms with Crippen LogP contribution < -0.4 is 4.72 Å². The van der Waals surface area contributed by atoms with Crippen molar-refractivity contribution in [1.82, 2.24) is 4.72 Å². The number of halogens is 3. The van der Waals surface area contributed by atoms with Crippen LogP contribution in [0.25, 0.3) is 0 Å². The number of alkyl halides is 2. The van der Waals surface area contributed by atoms with E-state index in [0.717, 1.165) is 6.07 Å². The van der Waals surface area contributed by atoms with Gasteiger partial charge in [0.2, 0.25) is 0 Å². The third kappa shape index (κ3) is 3.90. The Kier molecular flexibility index (Phi) is 5.07. The van der Waals surface area contributed by atoms with E-state index in [1.807, 2.05) is 0 Å². The Hall–Kier alpha value is -0.720. The number of hydrogen-bond acceptors (Lipinski definition) is 2. The molecular weight excluding hydrogens is 263 g/mol. The molecule has 0 aromatic heterocycles. The van der Waals surface area contributed by atoms with Gasteiger partial charge in [0, 0.05) is 16.9 Å². The lowest BCUT2D eigenvalue weighted by atomic mass is 10.1. The van der Waals surface area contributed by atoms with Gasteiger partial charge in [-0.1, -0.05) is 18.2 Å². The zero-order valence-electron chi connectivity index (χ0n) is 10.4. The standard InChI is InChI=1S/C12H16F3NOS/c1-12(2,3)18(17)16-10(11(14)15)8-6-4-5-7-9(8)13/h4-7,10-11,16H,1-3H3/t10-,18?/m1/s1. The third-order valence-corrected chi connectivity index (χ3v) is 3.86. The Morgan fingerprint density at radius 1 is 1.22 bits per heavy atom. The van der Waals surface area contributed by atoms with Gasteiger partial charge in [-0.25, -0.2) is 13.2 Å². The maximum atomic E-state index is 13.5. The first-order chi connectivity index (χ1) is 8.23. The first-order valence-electron chi connectivity index (χ1n) is 5.44. The quantitative estimate of drug-likeness (QED) is 0.859. The van der Waals surface area contributed by atoms with Crippen LogP contribution in [0.15, 0.2) is 24.3 Å². The van der Waals surface area contributed by atoms with Gasteiger partial charge in [-0.3, -0.25) is 0 Å². The van der Waals surface area contributed by atoms with Gasteiger partial charge >= 0.3 is 0 Å². The molecule has 1 aromatic rings. The maximum absolute atomic E-state index is 13.5. The fourth-order valence-corrected chi connectivity index (χ4v) is 2.08. The summed E-state index contributed by atoms with van der Waals surface area (Å²) in [7, 11) is 0. The molecule has 0 fully saturated rings. The number of rotatable bonds is 4. The van der Waals surface area contributed by atoms with E-state index in [2.05, 4.69) is 4.72 Å². The average molecular weight is 279 g/mol. The molecule has 1 aromatic carbocycles. The fourth-order valence-electron chi connectivity index (χ4n) is 1.27. The van der Waals surface area contributed by atoms with E-state index in [0.29, 0.717) is 0 Å². The van der Waals surface area contributed by atoms with Gasteiger partial charge < -0.3 is 4.55 Å². The molecular formula is C12H16F3NOS. The molecule has 0 saturated heterocycles. The van der Waals surface area contributed by atoms with Crippen molar-refractivity contribution in [2.24, 2.45) is 0 Å². The summed E-state index contributed by atoms with van der Waals surface area (Å²) in [6.07, 6.45) is -2.84. The normalized spacial score (nSPS) is 15.8. The molecule has 2 atom stereocenters. The molecule has 0 amide bonds. The van der Waals surface area contributed by atoms with Crippen molar-refractivity contribution in [2.75, 3.05) is 0 Å². The minimum atomic E-state index is -2.84. The summed E-state index contributed by atoms with van der Waals surface area (Å²) in [4.78, 5) is 0. The molecule has 0 heterocycles. The molecule has 1 rings (SSSR count). The Morgan fingerprint density at radius 3 is 2.22 bits per heavy atom. The maximum Gasteiger partial charge on any atom is 0.262 e. The van der Waals surface area contributed by atoms with Crippen molar-refractivity contribution in [3.8, 4) is 0 Å². The zero-order chi connectivity index (χ0) is 13.9. The van der Waals surface area contributed by atoms with Crippen LogP contribution in [0.5, 0.6) is 0 Å². The van der Waals surface area contributed by atoms with E-state index < -0.39 is 34.4 Å². The van der Waals surface area contributed by atoms with E-state index in [9.17, 15) is 17.7 Å². The van der Waals surface area contributed by atoms with Gasteiger partial charge in [0.1, 0.15) is 16.6 Å². The summed E-state index contributed by atoms with van der Waals surface area (Å²) in [5.74, 6) is -0.735. The smallest absolute Gasteiger partial charge is 0.262 e. The van der Waals surface area contributed by atoms with Crippen molar-refractivity contribution in [2.45, 2.75) is 38.0 Å².